The molecule has 2 aromatic rings. The summed E-state index contributed by atoms with van der Waals surface area (Å²) in [4.78, 5) is 0. The molecule has 1 nitrogen and oxygen atoms in total. The molecule has 1 aliphatic rings. The lowest BCUT2D eigenvalue weighted by atomic mass is 9.79. The molecule has 0 spiro atoms. The Morgan fingerprint density at radius 2 is 1.52 bits per heavy atom. The van der Waals surface area contributed by atoms with E-state index in [2.05, 4.69) is 11.7 Å². The van der Waals surface area contributed by atoms with Gasteiger partial charge in [-0.1, -0.05) is 25.8 Å². The van der Waals surface area contributed by atoms with Crippen LogP contribution in [0.5, 0.6) is 5.75 Å². The van der Waals surface area contributed by atoms with Gasteiger partial charge in [0.25, 0.3) is 0 Å². The molecule has 0 atom stereocenters. The number of alkyl halides is 2. The van der Waals surface area contributed by atoms with Crippen LogP contribution in [0.15, 0.2) is 30.3 Å². The molecule has 0 N–H and O–H groups in total. The van der Waals surface area contributed by atoms with Crippen LogP contribution < -0.4 is 4.74 Å². The van der Waals surface area contributed by atoms with E-state index in [0.29, 0.717) is 30.9 Å². The van der Waals surface area contributed by atoms with Crippen LogP contribution in [-0.2, 0) is 6.11 Å². The van der Waals surface area contributed by atoms with Crippen molar-refractivity contribution in [3.63, 3.8) is 0 Å². The molecule has 1 fully saturated rings. The van der Waals surface area contributed by atoms with Crippen molar-refractivity contribution in [1.29, 1.82) is 0 Å². The Bertz CT molecular complexity index is 827. The monoisotopic (exact) mass is 388 g/mol. The van der Waals surface area contributed by atoms with Gasteiger partial charge in [0.1, 0.15) is 11.3 Å². The van der Waals surface area contributed by atoms with E-state index < -0.39 is 40.7 Å². The highest BCUT2D eigenvalue weighted by Gasteiger charge is 2.40. The molecule has 27 heavy (non-hydrogen) atoms. The highest BCUT2D eigenvalue weighted by Crippen LogP contribution is 2.40. The van der Waals surface area contributed by atoms with Gasteiger partial charge in [-0.05, 0) is 48.4 Å². The Balaban J connectivity index is 1.87. The zero-order valence-electron chi connectivity index (χ0n) is 14.5. The molecular weight excluding hydrogens is 370 g/mol. The lowest BCUT2D eigenvalue weighted by Crippen LogP contribution is -2.25. The van der Waals surface area contributed by atoms with Crippen LogP contribution in [-0.4, -0.2) is 0 Å². The molecule has 0 aliphatic heterocycles. The van der Waals surface area contributed by atoms with Gasteiger partial charge in [0.05, 0.1) is 0 Å². The average molecular weight is 388 g/mol. The van der Waals surface area contributed by atoms with Crippen molar-refractivity contribution < 1.29 is 31.1 Å². The molecule has 0 heterocycles. The molecular formula is C20H18F6O. The fraction of sp³-hybridized carbons (Fsp3) is 0.400. The molecule has 7 heteroatoms. The predicted molar refractivity (Wildman–Crippen MR) is 87.6 cm³/mol. The van der Waals surface area contributed by atoms with Crippen molar-refractivity contribution in [2.75, 3.05) is 0 Å². The SMILES string of the molecule is CC1CCC(c2ccc(C(F)(F)Oc3ccc(F)c(F)c3)c(F)c2F)CC1. The van der Waals surface area contributed by atoms with Gasteiger partial charge in [-0.3, -0.25) is 0 Å². The third kappa shape index (κ3) is 4.06. The van der Waals surface area contributed by atoms with Crippen LogP contribution in [0.1, 0.15) is 49.7 Å². The van der Waals surface area contributed by atoms with E-state index in [-0.39, 0.29) is 11.5 Å². The van der Waals surface area contributed by atoms with Crippen molar-refractivity contribution in [3.8, 4) is 5.75 Å². The highest BCUT2D eigenvalue weighted by molar-refractivity contribution is 5.32. The summed E-state index contributed by atoms with van der Waals surface area (Å²) in [6, 6.07) is 3.72. The standard InChI is InChI=1S/C20H18F6O/c1-11-2-4-12(5-3-11)14-7-8-15(19(24)18(14)23)20(25,26)27-13-6-9-16(21)17(22)10-13/h6-12H,2-5H2,1H3. The zero-order valence-corrected chi connectivity index (χ0v) is 14.5. The Morgan fingerprint density at radius 1 is 0.852 bits per heavy atom. The molecule has 2 aromatic carbocycles. The van der Waals surface area contributed by atoms with E-state index in [1.54, 1.807) is 0 Å². The van der Waals surface area contributed by atoms with Crippen molar-refractivity contribution in [2.24, 2.45) is 5.92 Å². The number of benzene rings is 2. The number of rotatable bonds is 4. The number of ether oxygens (including phenoxy) is 1. The summed E-state index contributed by atoms with van der Waals surface area (Å²) >= 11 is 0. The zero-order chi connectivity index (χ0) is 19.8. The molecule has 0 amide bonds. The Hall–Kier alpha value is -2.18. The van der Waals surface area contributed by atoms with Gasteiger partial charge >= 0.3 is 6.11 Å². The van der Waals surface area contributed by atoms with Gasteiger partial charge in [-0.15, -0.1) is 0 Å². The smallest absolute Gasteiger partial charge is 0.429 e. The van der Waals surface area contributed by atoms with E-state index in [4.69, 9.17) is 0 Å². The minimum atomic E-state index is -4.26. The summed E-state index contributed by atoms with van der Waals surface area (Å²) in [5.74, 6) is -6.07. The summed E-state index contributed by atoms with van der Waals surface area (Å²) in [7, 11) is 0. The maximum atomic E-state index is 14.5. The van der Waals surface area contributed by atoms with Gasteiger partial charge in [0.2, 0.25) is 0 Å². The second kappa shape index (κ2) is 7.44. The second-order valence-electron chi connectivity index (χ2n) is 6.98. The van der Waals surface area contributed by atoms with Crippen LogP contribution >= 0.6 is 0 Å². The molecule has 1 aliphatic carbocycles. The van der Waals surface area contributed by atoms with Gasteiger partial charge < -0.3 is 4.74 Å². The van der Waals surface area contributed by atoms with Crippen molar-refractivity contribution in [2.45, 2.75) is 44.6 Å². The maximum Gasteiger partial charge on any atom is 0.429 e. The summed E-state index contributed by atoms with van der Waals surface area (Å²) in [6.07, 6.45) is -1.20. The minimum absolute atomic E-state index is 0.0757. The highest BCUT2D eigenvalue weighted by atomic mass is 19.3. The van der Waals surface area contributed by atoms with Gasteiger partial charge in [0, 0.05) is 6.07 Å². The Morgan fingerprint density at radius 3 is 2.15 bits per heavy atom. The van der Waals surface area contributed by atoms with Crippen LogP contribution in [0.3, 0.4) is 0 Å². The molecule has 146 valence electrons. The van der Waals surface area contributed by atoms with E-state index in [0.717, 1.165) is 31.0 Å². The average Bonchev–Trinajstić information content (AvgIpc) is 2.61. The largest absolute Gasteiger partial charge is 0.429 e. The molecule has 1 saturated carbocycles. The van der Waals surface area contributed by atoms with Crippen molar-refractivity contribution >= 4 is 0 Å². The first-order valence-corrected chi connectivity index (χ1v) is 8.69. The third-order valence-corrected chi connectivity index (χ3v) is 5.02. The Labute approximate surface area is 153 Å². The van der Waals surface area contributed by atoms with Gasteiger partial charge in [0.15, 0.2) is 23.3 Å². The fourth-order valence-corrected chi connectivity index (χ4v) is 3.42. The molecule has 0 saturated heterocycles. The maximum absolute atomic E-state index is 14.5. The number of hydrogen-bond donors (Lipinski definition) is 0. The van der Waals surface area contributed by atoms with E-state index in [1.165, 1.54) is 0 Å². The first-order valence-electron chi connectivity index (χ1n) is 8.69. The summed E-state index contributed by atoms with van der Waals surface area (Å²) in [5, 5.41) is 0. The van der Waals surface area contributed by atoms with Crippen LogP contribution in [0, 0.1) is 29.2 Å². The minimum Gasteiger partial charge on any atom is -0.429 e. The lowest BCUT2D eigenvalue weighted by molar-refractivity contribution is -0.187. The molecule has 0 aromatic heterocycles. The summed E-state index contributed by atoms with van der Waals surface area (Å²) in [5.41, 5.74) is -1.22. The van der Waals surface area contributed by atoms with Crippen LogP contribution in [0.4, 0.5) is 26.3 Å². The molecule has 0 bridgehead atoms. The first kappa shape index (κ1) is 19.6. The second-order valence-corrected chi connectivity index (χ2v) is 6.98. The number of hydrogen-bond acceptors (Lipinski definition) is 1. The van der Waals surface area contributed by atoms with E-state index in [1.807, 2.05) is 0 Å². The third-order valence-electron chi connectivity index (χ3n) is 5.02. The fourth-order valence-electron chi connectivity index (χ4n) is 3.42. The predicted octanol–water partition coefficient (Wildman–Crippen LogP) is 6.67. The van der Waals surface area contributed by atoms with E-state index >= 15 is 0 Å². The van der Waals surface area contributed by atoms with Crippen molar-refractivity contribution in [1.82, 2.24) is 0 Å². The first-order chi connectivity index (χ1) is 12.7. The van der Waals surface area contributed by atoms with Crippen LogP contribution in [0.25, 0.3) is 0 Å². The van der Waals surface area contributed by atoms with Crippen LogP contribution in [0.2, 0.25) is 0 Å². The topological polar surface area (TPSA) is 9.23 Å². The summed E-state index contributed by atoms with van der Waals surface area (Å²) < 4.78 is 87.8. The Kier molecular flexibility index (Phi) is 5.40. The lowest BCUT2D eigenvalue weighted by Gasteiger charge is -2.27. The van der Waals surface area contributed by atoms with Crippen molar-refractivity contribution in [3.05, 3.63) is 64.7 Å². The normalized spacial score (nSPS) is 20.6. The summed E-state index contributed by atoms with van der Waals surface area (Å²) in [6.45, 7) is 2.08. The molecule has 3 rings (SSSR count). The molecule has 0 radical (unpaired) electrons. The van der Waals surface area contributed by atoms with E-state index in [9.17, 15) is 26.3 Å². The van der Waals surface area contributed by atoms with Gasteiger partial charge in [-0.2, -0.15) is 8.78 Å². The quantitative estimate of drug-likeness (QED) is 0.532. The van der Waals surface area contributed by atoms with Gasteiger partial charge in [-0.25, -0.2) is 17.6 Å². The molecule has 0 unspecified atom stereocenters. The number of halogens is 6.